The molecule has 0 unspecified atom stereocenters. The molecule has 1 atom stereocenters. The maximum atomic E-state index is 12.7. The minimum atomic E-state index is -0.561. The monoisotopic (exact) mass is 495 g/mol. The van der Waals surface area contributed by atoms with E-state index in [-0.39, 0.29) is 11.9 Å². The van der Waals surface area contributed by atoms with Gasteiger partial charge >= 0.3 is 0 Å². The van der Waals surface area contributed by atoms with Gasteiger partial charge in [-0.25, -0.2) is 0 Å². The van der Waals surface area contributed by atoms with Gasteiger partial charge in [-0.05, 0) is 86.7 Å². The Balaban J connectivity index is 1.56. The van der Waals surface area contributed by atoms with Crippen molar-refractivity contribution in [2.24, 2.45) is 0 Å². The first-order valence-electron chi connectivity index (χ1n) is 12.3. The lowest BCUT2D eigenvalue weighted by Crippen LogP contribution is -2.37. The number of nitrogens with one attached hydrogen (secondary N) is 4. The van der Waals surface area contributed by atoms with Crippen LogP contribution in [0, 0.1) is 27.7 Å². The molecule has 4 aromatic rings. The number of nitrogens with zero attached hydrogens (tertiary/aromatic N) is 3. The summed E-state index contributed by atoms with van der Waals surface area (Å²) in [5.74, 6) is 0.866. The molecule has 0 aliphatic carbocycles. The van der Waals surface area contributed by atoms with E-state index in [1.165, 1.54) is 0 Å². The number of carbonyl (C=O) groups is 1. The minimum Gasteiger partial charge on any atom is -0.350 e. The van der Waals surface area contributed by atoms with Crippen molar-refractivity contribution in [2.75, 3.05) is 16.0 Å². The van der Waals surface area contributed by atoms with Crippen LogP contribution in [-0.2, 0) is 11.3 Å². The first-order valence-corrected chi connectivity index (χ1v) is 12.3. The van der Waals surface area contributed by atoms with Crippen LogP contribution in [-0.4, -0.2) is 26.9 Å². The molecule has 37 heavy (non-hydrogen) atoms. The summed E-state index contributed by atoms with van der Waals surface area (Å²) < 4.78 is 0. The van der Waals surface area contributed by atoms with Gasteiger partial charge in [0.05, 0.1) is 0 Å². The maximum absolute atomic E-state index is 12.7. The Bertz CT molecular complexity index is 1280. The minimum absolute atomic E-state index is 0.156. The van der Waals surface area contributed by atoms with Gasteiger partial charge in [0.2, 0.25) is 23.8 Å². The molecule has 1 aromatic heterocycles. The maximum Gasteiger partial charge on any atom is 0.242 e. The molecule has 4 N–H and O–H groups in total. The number of carbonyl (C=O) groups excluding carboxylic acids is 1. The zero-order valence-electron chi connectivity index (χ0n) is 21.9. The van der Waals surface area contributed by atoms with Crippen LogP contribution >= 0.6 is 0 Å². The van der Waals surface area contributed by atoms with Crippen LogP contribution in [0.4, 0.5) is 29.2 Å². The van der Waals surface area contributed by atoms with E-state index in [4.69, 9.17) is 0 Å². The molecule has 4 rings (SSSR count). The third kappa shape index (κ3) is 7.51. The van der Waals surface area contributed by atoms with Crippen LogP contribution in [0.2, 0.25) is 0 Å². The molecule has 1 amide bonds. The average Bonchev–Trinajstić information content (AvgIpc) is 2.81. The standard InChI is InChI=1S/C29H33N7O/c1-18-11-19(2)14-24(13-18)32-28-34-27(31-22(5)26(37)30-17-23-9-7-6-8-10-23)35-29(36-28)33-25-15-20(3)12-21(4)16-25/h6-16,22H,17H2,1-5H3,(H,30,37)(H3,31,32,33,34,35,36)/t22-/m1/s1. The van der Waals surface area contributed by atoms with Crippen LogP contribution in [0.1, 0.15) is 34.7 Å². The highest BCUT2D eigenvalue weighted by Gasteiger charge is 2.16. The van der Waals surface area contributed by atoms with Crippen molar-refractivity contribution in [3.05, 3.63) is 94.5 Å². The first kappa shape index (κ1) is 25.6. The van der Waals surface area contributed by atoms with Gasteiger partial charge in [0, 0.05) is 17.9 Å². The van der Waals surface area contributed by atoms with Crippen LogP contribution in [0.5, 0.6) is 0 Å². The zero-order valence-corrected chi connectivity index (χ0v) is 21.9. The number of aromatic nitrogens is 3. The predicted molar refractivity (Wildman–Crippen MR) is 150 cm³/mol. The second-order valence-corrected chi connectivity index (χ2v) is 9.38. The Morgan fingerprint density at radius 3 is 1.65 bits per heavy atom. The highest BCUT2D eigenvalue weighted by Crippen LogP contribution is 2.22. The van der Waals surface area contributed by atoms with Gasteiger partial charge in [0.1, 0.15) is 6.04 Å². The predicted octanol–water partition coefficient (Wildman–Crippen LogP) is 5.71. The van der Waals surface area contributed by atoms with E-state index in [1.54, 1.807) is 6.92 Å². The molecule has 190 valence electrons. The number of amides is 1. The molecule has 1 heterocycles. The fourth-order valence-corrected chi connectivity index (χ4v) is 4.10. The second-order valence-electron chi connectivity index (χ2n) is 9.38. The van der Waals surface area contributed by atoms with E-state index in [1.807, 2.05) is 82.3 Å². The summed E-state index contributed by atoms with van der Waals surface area (Å²) in [6.45, 7) is 10.4. The summed E-state index contributed by atoms with van der Waals surface area (Å²) in [6.07, 6.45) is 0. The summed E-state index contributed by atoms with van der Waals surface area (Å²) in [7, 11) is 0. The lowest BCUT2D eigenvalue weighted by Gasteiger charge is -2.16. The van der Waals surface area contributed by atoms with Gasteiger partial charge in [-0.15, -0.1) is 0 Å². The number of anilines is 5. The first-order chi connectivity index (χ1) is 17.7. The number of aryl methyl sites for hydroxylation is 4. The smallest absolute Gasteiger partial charge is 0.242 e. The van der Waals surface area contributed by atoms with Gasteiger partial charge in [0.25, 0.3) is 0 Å². The quantitative estimate of drug-likeness (QED) is 0.236. The van der Waals surface area contributed by atoms with E-state index in [9.17, 15) is 4.79 Å². The fourth-order valence-electron chi connectivity index (χ4n) is 4.10. The Morgan fingerprint density at radius 2 is 1.16 bits per heavy atom. The van der Waals surface area contributed by atoms with Crippen LogP contribution < -0.4 is 21.3 Å². The summed E-state index contributed by atoms with van der Waals surface area (Å²) in [5, 5.41) is 12.6. The van der Waals surface area contributed by atoms with E-state index < -0.39 is 6.04 Å². The number of benzene rings is 3. The molecular weight excluding hydrogens is 462 g/mol. The molecule has 0 spiro atoms. The molecular formula is C29H33N7O. The van der Waals surface area contributed by atoms with E-state index >= 15 is 0 Å². The Labute approximate surface area is 218 Å². The second kappa shape index (κ2) is 11.5. The Kier molecular flexibility index (Phi) is 7.98. The molecule has 3 aromatic carbocycles. The largest absolute Gasteiger partial charge is 0.350 e. The zero-order chi connectivity index (χ0) is 26.4. The van der Waals surface area contributed by atoms with Crippen molar-refractivity contribution in [1.29, 1.82) is 0 Å². The third-order valence-corrected chi connectivity index (χ3v) is 5.64. The van der Waals surface area contributed by atoms with Crippen LogP contribution in [0.15, 0.2) is 66.7 Å². The highest BCUT2D eigenvalue weighted by molar-refractivity contribution is 5.83. The van der Waals surface area contributed by atoms with E-state index in [0.29, 0.717) is 18.4 Å². The molecule has 0 radical (unpaired) electrons. The third-order valence-electron chi connectivity index (χ3n) is 5.64. The normalized spacial score (nSPS) is 11.5. The highest BCUT2D eigenvalue weighted by atomic mass is 16.2. The van der Waals surface area contributed by atoms with Crippen molar-refractivity contribution in [3.8, 4) is 0 Å². The molecule has 0 fully saturated rings. The fraction of sp³-hybridized carbons (Fsp3) is 0.241. The molecule has 0 bridgehead atoms. The topological polar surface area (TPSA) is 104 Å². The van der Waals surface area contributed by atoms with Crippen molar-refractivity contribution in [2.45, 2.75) is 47.2 Å². The van der Waals surface area contributed by atoms with Crippen molar-refractivity contribution >= 4 is 35.1 Å². The Hall–Kier alpha value is -4.46. The number of rotatable bonds is 9. The van der Waals surface area contributed by atoms with Gasteiger partial charge in [0.15, 0.2) is 0 Å². The van der Waals surface area contributed by atoms with Gasteiger partial charge in [-0.3, -0.25) is 4.79 Å². The summed E-state index contributed by atoms with van der Waals surface area (Å²) in [6, 6.07) is 21.6. The molecule has 8 heteroatoms. The van der Waals surface area contributed by atoms with Crippen LogP contribution in [0.25, 0.3) is 0 Å². The van der Waals surface area contributed by atoms with Gasteiger partial charge < -0.3 is 21.3 Å². The van der Waals surface area contributed by atoms with E-state index in [0.717, 1.165) is 39.2 Å². The molecule has 8 nitrogen and oxygen atoms in total. The lowest BCUT2D eigenvalue weighted by atomic mass is 10.1. The lowest BCUT2D eigenvalue weighted by molar-refractivity contribution is -0.121. The number of hydrogen-bond donors (Lipinski definition) is 4. The van der Waals surface area contributed by atoms with Crippen molar-refractivity contribution in [3.63, 3.8) is 0 Å². The van der Waals surface area contributed by atoms with Crippen molar-refractivity contribution in [1.82, 2.24) is 20.3 Å². The SMILES string of the molecule is Cc1cc(C)cc(Nc2nc(Nc3cc(C)cc(C)c3)nc(N[C@H](C)C(=O)NCc3ccccc3)n2)c1. The van der Waals surface area contributed by atoms with E-state index in [2.05, 4.69) is 48.4 Å². The summed E-state index contributed by atoms with van der Waals surface area (Å²) in [4.78, 5) is 26.4. The Morgan fingerprint density at radius 1 is 0.703 bits per heavy atom. The average molecular weight is 496 g/mol. The summed E-state index contributed by atoms with van der Waals surface area (Å²) in [5.41, 5.74) is 7.31. The summed E-state index contributed by atoms with van der Waals surface area (Å²) >= 11 is 0. The molecule has 0 saturated heterocycles. The van der Waals surface area contributed by atoms with Gasteiger partial charge in [-0.2, -0.15) is 15.0 Å². The van der Waals surface area contributed by atoms with Crippen LogP contribution in [0.3, 0.4) is 0 Å². The molecule has 0 aliphatic heterocycles. The van der Waals surface area contributed by atoms with Gasteiger partial charge in [-0.1, -0.05) is 42.5 Å². The molecule has 0 saturated carbocycles. The van der Waals surface area contributed by atoms with Crippen molar-refractivity contribution < 1.29 is 4.79 Å². The molecule has 0 aliphatic rings. The number of hydrogen-bond acceptors (Lipinski definition) is 7.